The third kappa shape index (κ3) is 4.63. The van der Waals surface area contributed by atoms with Crippen molar-refractivity contribution in [3.05, 3.63) is 34.4 Å². The molecule has 1 aromatic carbocycles. The van der Waals surface area contributed by atoms with Crippen LogP contribution in [0.25, 0.3) is 0 Å². The summed E-state index contributed by atoms with van der Waals surface area (Å²) in [6, 6.07) is 2.19. The van der Waals surface area contributed by atoms with E-state index in [1.807, 2.05) is 0 Å². The summed E-state index contributed by atoms with van der Waals surface area (Å²) < 4.78 is 32.3. The van der Waals surface area contributed by atoms with Gasteiger partial charge in [0.05, 0.1) is 6.10 Å². The lowest BCUT2D eigenvalue weighted by molar-refractivity contribution is 0.0996. The van der Waals surface area contributed by atoms with Crippen molar-refractivity contribution in [2.45, 2.75) is 51.2 Å². The number of nitrogens with one attached hydrogen (secondary N) is 1. The number of ether oxygens (including phenoxy) is 1. The van der Waals surface area contributed by atoms with E-state index in [2.05, 4.69) is 12.2 Å². The van der Waals surface area contributed by atoms with Gasteiger partial charge < -0.3 is 10.1 Å². The van der Waals surface area contributed by atoms with Gasteiger partial charge >= 0.3 is 0 Å². The van der Waals surface area contributed by atoms with E-state index in [1.54, 1.807) is 0 Å². The number of hydrogen-bond acceptors (Lipinski definition) is 2. The Hall–Kier alpha value is -0.710. The second-order valence-electron chi connectivity index (χ2n) is 5.51. The molecule has 1 N–H and O–H groups in total. The fourth-order valence-corrected chi connectivity index (χ4v) is 3.00. The van der Waals surface area contributed by atoms with Gasteiger partial charge in [-0.05, 0) is 56.3 Å². The molecule has 2 rings (SSSR count). The third-order valence-corrected chi connectivity index (χ3v) is 4.18. The lowest BCUT2D eigenvalue weighted by Gasteiger charge is -2.22. The van der Waals surface area contributed by atoms with Crippen LogP contribution in [0.5, 0.6) is 0 Å². The highest BCUT2D eigenvalue weighted by Crippen LogP contribution is 2.30. The average Bonchev–Trinajstić information content (AvgIpc) is 2.97. The monoisotopic (exact) mass is 317 g/mol. The van der Waals surface area contributed by atoms with E-state index in [-0.39, 0.29) is 17.2 Å². The first-order valence-corrected chi connectivity index (χ1v) is 7.99. The Labute approximate surface area is 129 Å². The van der Waals surface area contributed by atoms with Crippen LogP contribution in [-0.2, 0) is 4.74 Å². The first-order chi connectivity index (χ1) is 10.1. The van der Waals surface area contributed by atoms with E-state index in [0.29, 0.717) is 5.56 Å². The zero-order chi connectivity index (χ0) is 15.2. The number of halogens is 3. The van der Waals surface area contributed by atoms with Crippen LogP contribution in [0.3, 0.4) is 0 Å². The Bertz CT molecular complexity index is 464. The molecule has 1 heterocycles. The van der Waals surface area contributed by atoms with Gasteiger partial charge in [-0.15, -0.1) is 0 Å². The summed E-state index contributed by atoms with van der Waals surface area (Å²) >= 11 is 6.09. The predicted octanol–water partition coefficient (Wildman–Crippen LogP) is 4.62. The van der Waals surface area contributed by atoms with Crippen molar-refractivity contribution in [1.29, 1.82) is 0 Å². The smallest absolute Gasteiger partial charge is 0.160 e. The van der Waals surface area contributed by atoms with E-state index in [1.165, 1.54) is 6.07 Å². The second-order valence-corrected chi connectivity index (χ2v) is 5.91. The van der Waals surface area contributed by atoms with E-state index in [9.17, 15) is 8.78 Å². The van der Waals surface area contributed by atoms with Gasteiger partial charge in [-0.3, -0.25) is 0 Å². The van der Waals surface area contributed by atoms with Crippen LogP contribution in [0.1, 0.15) is 50.6 Å². The van der Waals surface area contributed by atoms with E-state index >= 15 is 0 Å². The van der Waals surface area contributed by atoms with E-state index in [4.69, 9.17) is 16.3 Å². The topological polar surface area (TPSA) is 21.3 Å². The summed E-state index contributed by atoms with van der Waals surface area (Å²) in [5.74, 6) is -1.76. The molecule has 118 valence electrons. The third-order valence-electron chi connectivity index (χ3n) is 3.86. The minimum Gasteiger partial charge on any atom is -0.378 e. The summed E-state index contributed by atoms with van der Waals surface area (Å²) in [5.41, 5.74) is 0.627. The van der Waals surface area contributed by atoms with Gasteiger partial charge in [0.1, 0.15) is 0 Å². The minimum atomic E-state index is -0.905. The number of benzene rings is 1. The maximum atomic E-state index is 13.5. The SMILES string of the molecule is CCCNC(CCC1CCCO1)c1cc(F)c(F)cc1Cl. The zero-order valence-corrected chi connectivity index (χ0v) is 13.1. The maximum absolute atomic E-state index is 13.5. The second kappa shape index (κ2) is 8.06. The van der Waals surface area contributed by atoms with Crippen LogP contribution in [-0.4, -0.2) is 19.3 Å². The molecule has 1 saturated heterocycles. The molecule has 2 atom stereocenters. The molecule has 1 fully saturated rings. The predicted molar refractivity (Wildman–Crippen MR) is 80.6 cm³/mol. The van der Waals surface area contributed by atoms with Crippen molar-refractivity contribution in [2.24, 2.45) is 0 Å². The fraction of sp³-hybridized carbons (Fsp3) is 0.625. The summed E-state index contributed by atoms with van der Waals surface area (Å²) in [7, 11) is 0. The Kier molecular flexibility index (Phi) is 6.40. The molecule has 1 aromatic rings. The molecule has 5 heteroatoms. The highest BCUT2D eigenvalue weighted by molar-refractivity contribution is 6.31. The van der Waals surface area contributed by atoms with Gasteiger partial charge in [0, 0.05) is 17.7 Å². The molecule has 21 heavy (non-hydrogen) atoms. The molecule has 0 bridgehead atoms. The first-order valence-electron chi connectivity index (χ1n) is 7.61. The molecule has 1 aliphatic rings. The van der Waals surface area contributed by atoms with Gasteiger partial charge in [-0.1, -0.05) is 18.5 Å². The van der Waals surface area contributed by atoms with Gasteiger partial charge in [-0.2, -0.15) is 0 Å². The molecule has 0 amide bonds. The van der Waals surface area contributed by atoms with Crippen LogP contribution in [0.4, 0.5) is 8.78 Å². The standard InChI is InChI=1S/C16H22ClF2NO/c1-2-7-20-16(6-5-11-4-3-8-21-11)12-9-14(18)15(19)10-13(12)17/h9-11,16,20H,2-8H2,1H3. The Morgan fingerprint density at radius 2 is 2.14 bits per heavy atom. The molecule has 2 unspecified atom stereocenters. The number of hydrogen-bond donors (Lipinski definition) is 1. The summed E-state index contributed by atoms with van der Waals surface area (Å²) in [5, 5.41) is 3.64. The van der Waals surface area contributed by atoms with Crippen molar-refractivity contribution in [2.75, 3.05) is 13.2 Å². The Morgan fingerprint density at radius 3 is 2.81 bits per heavy atom. The van der Waals surface area contributed by atoms with Crippen LogP contribution >= 0.6 is 11.6 Å². The quantitative estimate of drug-likeness (QED) is 0.741. The van der Waals surface area contributed by atoms with Gasteiger partial charge in [0.25, 0.3) is 0 Å². The summed E-state index contributed by atoms with van der Waals surface area (Å²) in [4.78, 5) is 0. The molecule has 0 saturated carbocycles. The normalized spacial score (nSPS) is 19.9. The highest BCUT2D eigenvalue weighted by Gasteiger charge is 2.21. The Balaban J connectivity index is 2.08. The molecule has 1 aliphatic heterocycles. The lowest BCUT2D eigenvalue weighted by atomic mass is 9.98. The first kappa shape index (κ1) is 16.7. The minimum absolute atomic E-state index is 0.0725. The molecule has 0 spiro atoms. The van der Waals surface area contributed by atoms with Crippen molar-refractivity contribution in [3.63, 3.8) is 0 Å². The fourth-order valence-electron chi connectivity index (χ4n) is 2.72. The molecule has 0 radical (unpaired) electrons. The largest absolute Gasteiger partial charge is 0.378 e. The van der Waals surface area contributed by atoms with Crippen LogP contribution in [0.15, 0.2) is 12.1 Å². The van der Waals surface area contributed by atoms with E-state index < -0.39 is 11.6 Å². The molecule has 0 aliphatic carbocycles. The van der Waals surface area contributed by atoms with E-state index in [0.717, 1.165) is 51.3 Å². The molecule has 0 aromatic heterocycles. The molecular weight excluding hydrogens is 296 g/mol. The van der Waals surface area contributed by atoms with Crippen molar-refractivity contribution in [3.8, 4) is 0 Å². The van der Waals surface area contributed by atoms with Gasteiger partial charge in [0.2, 0.25) is 0 Å². The van der Waals surface area contributed by atoms with Crippen LogP contribution in [0.2, 0.25) is 5.02 Å². The summed E-state index contributed by atoms with van der Waals surface area (Å²) in [6.45, 7) is 3.70. The van der Waals surface area contributed by atoms with Crippen LogP contribution < -0.4 is 5.32 Å². The average molecular weight is 318 g/mol. The summed E-state index contributed by atoms with van der Waals surface area (Å²) in [6.07, 6.45) is 5.12. The molecular formula is C16H22ClF2NO. The highest BCUT2D eigenvalue weighted by atomic mass is 35.5. The molecule has 2 nitrogen and oxygen atoms in total. The van der Waals surface area contributed by atoms with Gasteiger partial charge in [-0.25, -0.2) is 8.78 Å². The van der Waals surface area contributed by atoms with Crippen molar-refractivity contribution in [1.82, 2.24) is 5.32 Å². The lowest BCUT2D eigenvalue weighted by Crippen LogP contribution is -2.24. The van der Waals surface area contributed by atoms with Gasteiger partial charge in [0.15, 0.2) is 11.6 Å². The Morgan fingerprint density at radius 1 is 1.38 bits per heavy atom. The van der Waals surface area contributed by atoms with Crippen molar-refractivity contribution < 1.29 is 13.5 Å². The number of rotatable bonds is 7. The van der Waals surface area contributed by atoms with Crippen molar-refractivity contribution >= 4 is 11.6 Å². The van der Waals surface area contributed by atoms with Crippen LogP contribution in [0, 0.1) is 11.6 Å². The maximum Gasteiger partial charge on any atom is 0.160 e. The zero-order valence-electron chi connectivity index (χ0n) is 12.3.